The smallest absolute Gasteiger partial charge is 0.282 e. The molecule has 0 saturated heterocycles. The van der Waals surface area contributed by atoms with E-state index >= 15 is 0 Å². The average Bonchev–Trinajstić information content (AvgIpc) is 2.50. The summed E-state index contributed by atoms with van der Waals surface area (Å²) in [5, 5.41) is 5.01. The minimum absolute atomic E-state index is 0.0140. The summed E-state index contributed by atoms with van der Waals surface area (Å²) in [4.78, 5) is 12.2. The number of nitrogens with two attached hydrogens (primary N) is 1. The van der Waals surface area contributed by atoms with Crippen molar-refractivity contribution in [3.05, 3.63) is 64.6 Å². The zero-order valence-corrected chi connectivity index (χ0v) is 13.8. The number of anilines is 1. The van der Waals surface area contributed by atoms with Gasteiger partial charge in [0.25, 0.3) is 5.91 Å². The second kappa shape index (κ2) is 7.38. The number of hydrogen-bond acceptors (Lipinski definition) is 1. The van der Waals surface area contributed by atoms with E-state index in [2.05, 4.69) is 45.6 Å². The van der Waals surface area contributed by atoms with Crippen molar-refractivity contribution in [1.82, 2.24) is 0 Å². The van der Waals surface area contributed by atoms with Crippen LogP contribution >= 0.6 is 15.9 Å². The van der Waals surface area contributed by atoms with Crippen LogP contribution in [0.2, 0.25) is 0 Å². The second-order valence-corrected chi connectivity index (χ2v) is 6.09. The summed E-state index contributed by atoms with van der Waals surface area (Å²) in [6, 6.07) is 17.9. The quantitative estimate of drug-likeness (QED) is 0.857. The minimum atomic E-state index is -0.149. The largest absolute Gasteiger partial charge is 0.330 e. The lowest BCUT2D eigenvalue weighted by atomic mass is 10.1. The molecule has 3 nitrogen and oxygen atoms in total. The minimum Gasteiger partial charge on any atom is -0.330 e. The molecule has 0 aromatic heterocycles. The molecule has 0 saturated carbocycles. The van der Waals surface area contributed by atoms with Gasteiger partial charge in [0.15, 0.2) is 6.04 Å². The lowest BCUT2D eigenvalue weighted by Crippen LogP contribution is -2.91. The molecular weight excluding hydrogens is 328 g/mol. The van der Waals surface area contributed by atoms with E-state index < -0.39 is 0 Å². The highest BCUT2D eigenvalue weighted by atomic mass is 79.9. The van der Waals surface area contributed by atoms with E-state index in [1.807, 2.05) is 49.4 Å². The molecule has 0 unspecified atom stereocenters. The van der Waals surface area contributed by atoms with Crippen molar-refractivity contribution < 1.29 is 10.1 Å². The van der Waals surface area contributed by atoms with Crippen molar-refractivity contribution >= 4 is 27.5 Å². The maximum atomic E-state index is 12.2. The fraction of sp³-hybridized carbons (Fsp3) is 0.235. The molecule has 0 radical (unpaired) electrons. The van der Waals surface area contributed by atoms with E-state index in [0.717, 1.165) is 10.2 Å². The van der Waals surface area contributed by atoms with E-state index in [4.69, 9.17) is 0 Å². The Morgan fingerprint density at radius 1 is 1.05 bits per heavy atom. The summed E-state index contributed by atoms with van der Waals surface area (Å²) in [5.74, 6) is 0.0140. The van der Waals surface area contributed by atoms with Gasteiger partial charge in [-0.3, -0.25) is 4.79 Å². The first-order valence-corrected chi connectivity index (χ1v) is 7.82. The predicted molar refractivity (Wildman–Crippen MR) is 89.0 cm³/mol. The molecule has 2 aromatic rings. The fourth-order valence-electron chi connectivity index (χ4n) is 2.18. The first-order valence-electron chi connectivity index (χ1n) is 7.02. The molecule has 110 valence electrons. The number of nitrogens with one attached hydrogen (secondary N) is 1. The summed E-state index contributed by atoms with van der Waals surface area (Å²) in [6.45, 7) is 4.03. The van der Waals surface area contributed by atoms with Crippen LogP contribution in [0.25, 0.3) is 0 Å². The van der Waals surface area contributed by atoms with Gasteiger partial charge in [-0.2, -0.15) is 0 Å². The number of rotatable bonds is 5. The monoisotopic (exact) mass is 347 g/mol. The van der Waals surface area contributed by atoms with Gasteiger partial charge in [-0.25, -0.2) is 0 Å². The molecule has 0 spiro atoms. The molecule has 0 fully saturated rings. The van der Waals surface area contributed by atoms with Crippen LogP contribution in [-0.4, -0.2) is 11.9 Å². The number of carbonyl (C=O) groups excluding carboxylic acids is 1. The van der Waals surface area contributed by atoms with E-state index in [0.29, 0.717) is 0 Å². The van der Waals surface area contributed by atoms with Crippen LogP contribution in [0.3, 0.4) is 0 Å². The predicted octanol–water partition coefficient (Wildman–Crippen LogP) is 3.10. The number of quaternary nitrogens is 1. The molecule has 2 rings (SSSR count). The summed E-state index contributed by atoms with van der Waals surface area (Å²) in [6.07, 6.45) is 0. The van der Waals surface area contributed by atoms with Gasteiger partial charge in [-0.1, -0.05) is 46.3 Å². The van der Waals surface area contributed by atoms with Crippen molar-refractivity contribution in [3.8, 4) is 0 Å². The SMILES string of the molecule is C[C@H]([NH2+][C@@H](C)c1ccccc1)C(=O)Nc1ccc(Br)cc1. The first-order chi connectivity index (χ1) is 10.1. The molecule has 2 atom stereocenters. The Hall–Kier alpha value is -1.65. The van der Waals surface area contributed by atoms with Gasteiger partial charge in [-0.05, 0) is 38.1 Å². The summed E-state index contributed by atoms with van der Waals surface area (Å²) < 4.78 is 0.998. The van der Waals surface area contributed by atoms with E-state index in [1.165, 1.54) is 5.56 Å². The standard InChI is InChI=1S/C17H19BrN2O/c1-12(14-6-4-3-5-7-14)19-13(2)17(21)20-16-10-8-15(18)9-11-16/h3-13,19H,1-2H3,(H,20,21)/p+1/t12-,13-/m0/s1. The van der Waals surface area contributed by atoms with Crippen LogP contribution in [0.4, 0.5) is 5.69 Å². The third-order valence-electron chi connectivity index (χ3n) is 3.43. The van der Waals surface area contributed by atoms with Crippen LogP contribution in [0.1, 0.15) is 25.5 Å². The van der Waals surface area contributed by atoms with E-state index in [9.17, 15) is 4.79 Å². The lowest BCUT2D eigenvalue weighted by molar-refractivity contribution is -0.709. The Bertz CT molecular complexity index is 583. The van der Waals surface area contributed by atoms with Gasteiger partial charge < -0.3 is 10.6 Å². The molecule has 0 heterocycles. The topological polar surface area (TPSA) is 45.7 Å². The van der Waals surface area contributed by atoms with Crippen molar-refractivity contribution in [1.29, 1.82) is 0 Å². The first kappa shape index (κ1) is 15.7. The molecule has 1 amide bonds. The molecule has 3 N–H and O–H groups in total. The molecular formula is C17H20BrN2O+. The molecule has 0 bridgehead atoms. The highest BCUT2D eigenvalue weighted by Gasteiger charge is 2.20. The van der Waals surface area contributed by atoms with Gasteiger partial charge in [0, 0.05) is 15.7 Å². The van der Waals surface area contributed by atoms with Crippen LogP contribution in [0.5, 0.6) is 0 Å². The number of halogens is 1. The molecule has 4 heteroatoms. The Morgan fingerprint density at radius 2 is 1.67 bits per heavy atom. The van der Waals surface area contributed by atoms with Gasteiger partial charge in [0.05, 0.1) is 0 Å². The second-order valence-electron chi connectivity index (χ2n) is 5.18. The fourth-order valence-corrected chi connectivity index (χ4v) is 2.44. The van der Waals surface area contributed by atoms with Gasteiger partial charge in [0.1, 0.15) is 6.04 Å². The molecule has 2 aromatic carbocycles. The number of hydrogen-bond donors (Lipinski definition) is 2. The normalized spacial score (nSPS) is 13.5. The molecule has 0 aliphatic rings. The van der Waals surface area contributed by atoms with Gasteiger partial charge in [0.2, 0.25) is 0 Å². The van der Waals surface area contributed by atoms with Gasteiger partial charge >= 0.3 is 0 Å². The van der Waals surface area contributed by atoms with Crippen molar-refractivity contribution in [2.45, 2.75) is 25.9 Å². The van der Waals surface area contributed by atoms with Crippen molar-refractivity contribution in [3.63, 3.8) is 0 Å². The van der Waals surface area contributed by atoms with E-state index in [1.54, 1.807) is 0 Å². The van der Waals surface area contributed by atoms with Crippen LogP contribution < -0.4 is 10.6 Å². The average molecular weight is 348 g/mol. The molecule has 21 heavy (non-hydrogen) atoms. The summed E-state index contributed by atoms with van der Waals surface area (Å²) >= 11 is 3.38. The Balaban J connectivity index is 1.92. The third-order valence-corrected chi connectivity index (χ3v) is 3.96. The maximum Gasteiger partial charge on any atom is 0.282 e. The Labute approximate surface area is 133 Å². The van der Waals surface area contributed by atoms with Crippen LogP contribution in [0.15, 0.2) is 59.1 Å². The lowest BCUT2D eigenvalue weighted by Gasteiger charge is -2.16. The third kappa shape index (κ3) is 4.69. The zero-order valence-electron chi connectivity index (χ0n) is 12.2. The highest BCUT2D eigenvalue weighted by molar-refractivity contribution is 9.10. The van der Waals surface area contributed by atoms with Gasteiger partial charge in [-0.15, -0.1) is 0 Å². The highest BCUT2D eigenvalue weighted by Crippen LogP contribution is 2.14. The maximum absolute atomic E-state index is 12.2. The Morgan fingerprint density at radius 3 is 2.29 bits per heavy atom. The summed E-state index contributed by atoms with van der Waals surface area (Å²) in [7, 11) is 0. The van der Waals surface area contributed by atoms with Crippen LogP contribution in [0, 0.1) is 0 Å². The zero-order chi connectivity index (χ0) is 15.2. The Kier molecular flexibility index (Phi) is 5.53. The van der Waals surface area contributed by atoms with Crippen LogP contribution in [-0.2, 0) is 4.79 Å². The number of carbonyl (C=O) groups is 1. The van der Waals surface area contributed by atoms with Crippen molar-refractivity contribution in [2.24, 2.45) is 0 Å². The van der Waals surface area contributed by atoms with Crippen molar-refractivity contribution in [2.75, 3.05) is 5.32 Å². The number of benzene rings is 2. The summed E-state index contributed by atoms with van der Waals surface area (Å²) in [5.41, 5.74) is 2.04. The number of amides is 1. The molecule has 0 aliphatic carbocycles. The van der Waals surface area contributed by atoms with E-state index in [-0.39, 0.29) is 18.0 Å². The molecule has 0 aliphatic heterocycles.